The third-order valence-electron chi connectivity index (χ3n) is 8.80. The number of carbonyl (C=O) groups excluding carboxylic acids is 1. The van der Waals surface area contributed by atoms with Gasteiger partial charge >= 0.3 is 5.97 Å². The first-order valence-corrected chi connectivity index (χ1v) is 20.9. The van der Waals surface area contributed by atoms with E-state index in [9.17, 15) is 9.90 Å². The van der Waals surface area contributed by atoms with E-state index in [1.54, 1.807) is 0 Å². The molecule has 1 N–H and O–H groups in total. The molecule has 1 atom stereocenters. The Kier molecular flexibility index (Phi) is 40.6. The minimum Gasteiger partial charge on any atom is -0.457 e. The van der Waals surface area contributed by atoms with E-state index >= 15 is 0 Å². The molecule has 0 fully saturated rings. The standard InChI is InChI=1S/C45H80O4/c1-3-5-7-9-11-13-15-17-19-20-21-22-23-24-25-26-27-28-30-32-34-36-38-40-45(47)49-44(42-46)43-48-41-39-37-35-33-31-29-18-16-14-12-10-8-6-4-2/h8,10,14-17,20-21,23-24,44,46H,3-7,9,11-13,18-19,22,25-43H2,1-2H3/b10-8-,16-14-,17-15-,21-20-,24-23-. The first-order valence-electron chi connectivity index (χ1n) is 20.9. The summed E-state index contributed by atoms with van der Waals surface area (Å²) >= 11 is 0. The van der Waals surface area contributed by atoms with E-state index in [-0.39, 0.29) is 19.2 Å². The zero-order valence-corrected chi connectivity index (χ0v) is 32.4. The summed E-state index contributed by atoms with van der Waals surface area (Å²) in [5.74, 6) is -0.214. The number of esters is 1. The van der Waals surface area contributed by atoms with E-state index in [0.29, 0.717) is 13.0 Å². The Morgan fingerprint density at radius 3 is 1.37 bits per heavy atom. The molecule has 0 heterocycles. The molecule has 0 saturated heterocycles. The minimum absolute atomic E-state index is 0.181. The van der Waals surface area contributed by atoms with Crippen LogP contribution < -0.4 is 0 Å². The van der Waals surface area contributed by atoms with Crippen molar-refractivity contribution in [1.82, 2.24) is 0 Å². The van der Waals surface area contributed by atoms with Crippen LogP contribution in [0.1, 0.15) is 194 Å². The second kappa shape index (κ2) is 42.3. The Bertz CT molecular complexity index is 809. The van der Waals surface area contributed by atoms with Gasteiger partial charge in [0.25, 0.3) is 0 Å². The zero-order valence-electron chi connectivity index (χ0n) is 32.4. The van der Waals surface area contributed by atoms with Gasteiger partial charge < -0.3 is 14.6 Å². The molecule has 284 valence electrons. The highest BCUT2D eigenvalue weighted by molar-refractivity contribution is 5.69. The molecule has 0 bridgehead atoms. The van der Waals surface area contributed by atoms with Crippen molar-refractivity contribution in [3.05, 3.63) is 60.8 Å². The van der Waals surface area contributed by atoms with Crippen LogP contribution in [0.25, 0.3) is 0 Å². The molecule has 0 spiro atoms. The highest BCUT2D eigenvalue weighted by Crippen LogP contribution is 2.13. The first-order chi connectivity index (χ1) is 24.2. The number of unbranched alkanes of at least 4 members (excludes halogenated alkanes) is 20. The summed E-state index contributed by atoms with van der Waals surface area (Å²) in [6.45, 7) is 5.24. The minimum atomic E-state index is -0.545. The molecule has 1 unspecified atom stereocenters. The second-order valence-electron chi connectivity index (χ2n) is 13.7. The Morgan fingerprint density at radius 1 is 0.490 bits per heavy atom. The van der Waals surface area contributed by atoms with Crippen molar-refractivity contribution in [2.75, 3.05) is 19.8 Å². The monoisotopic (exact) mass is 685 g/mol. The zero-order chi connectivity index (χ0) is 35.6. The summed E-state index contributed by atoms with van der Waals surface area (Å²) in [5, 5.41) is 9.58. The van der Waals surface area contributed by atoms with E-state index in [0.717, 1.165) is 44.9 Å². The average Bonchev–Trinajstić information content (AvgIpc) is 3.11. The van der Waals surface area contributed by atoms with Crippen molar-refractivity contribution in [3.63, 3.8) is 0 Å². The number of allylic oxidation sites excluding steroid dienone is 10. The number of ether oxygens (including phenoxy) is 2. The van der Waals surface area contributed by atoms with Gasteiger partial charge in [-0.3, -0.25) is 4.79 Å². The Morgan fingerprint density at radius 2 is 0.898 bits per heavy atom. The van der Waals surface area contributed by atoms with Crippen LogP contribution in [-0.2, 0) is 14.3 Å². The maximum absolute atomic E-state index is 12.2. The predicted molar refractivity (Wildman–Crippen MR) is 214 cm³/mol. The van der Waals surface area contributed by atoms with E-state index < -0.39 is 6.10 Å². The van der Waals surface area contributed by atoms with Crippen molar-refractivity contribution in [2.45, 2.75) is 200 Å². The largest absolute Gasteiger partial charge is 0.457 e. The van der Waals surface area contributed by atoms with Crippen molar-refractivity contribution < 1.29 is 19.4 Å². The quantitative estimate of drug-likeness (QED) is 0.0399. The van der Waals surface area contributed by atoms with Crippen LogP contribution in [0.5, 0.6) is 0 Å². The lowest BCUT2D eigenvalue weighted by molar-refractivity contribution is -0.154. The molecule has 0 aliphatic rings. The third kappa shape index (κ3) is 40.4. The van der Waals surface area contributed by atoms with Gasteiger partial charge in [0.15, 0.2) is 0 Å². The van der Waals surface area contributed by atoms with Gasteiger partial charge in [0, 0.05) is 13.0 Å². The van der Waals surface area contributed by atoms with Gasteiger partial charge in [0.1, 0.15) is 6.10 Å². The van der Waals surface area contributed by atoms with Crippen molar-refractivity contribution in [2.24, 2.45) is 0 Å². The van der Waals surface area contributed by atoms with Crippen LogP contribution >= 0.6 is 0 Å². The molecular weight excluding hydrogens is 604 g/mol. The maximum Gasteiger partial charge on any atom is 0.306 e. The van der Waals surface area contributed by atoms with Crippen molar-refractivity contribution in [3.8, 4) is 0 Å². The fourth-order valence-corrected chi connectivity index (χ4v) is 5.67. The van der Waals surface area contributed by atoms with Crippen LogP contribution in [0.4, 0.5) is 0 Å². The summed E-state index contributed by atoms with van der Waals surface area (Å²) in [6, 6.07) is 0. The predicted octanol–water partition coefficient (Wildman–Crippen LogP) is 13.7. The molecule has 0 aliphatic heterocycles. The van der Waals surface area contributed by atoms with E-state index in [1.165, 1.54) is 128 Å². The van der Waals surface area contributed by atoms with Gasteiger partial charge in [-0.15, -0.1) is 0 Å². The molecule has 0 aromatic rings. The smallest absolute Gasteiger partial charge is 0.306 e. The summed E-state index contributed by atoms with van der Waals surface area (Å²) in [5.41, 5.74) is 0. The molecule has 49 heavy (non-hydrogen) atoms. The molecule has 0 saturated carbocycles. The lowest BCUT2D eigenvalue weighted by Crippen LogP contribution is -2.27. The van der Waals surface area contributed by atoms with E-state index in [4.69, 9.17) is 9.47 Å². The lowest BCUT2D eigenvalue weighted by Gasteiger charge is -2.15. The van der Waals surface area contributed by atoms with Gasteiger partial charge in [-0.1, -0.05) is 171 Å². The Balaban J connectivity index is 3.48. The lowest BCUT2D eigenvalue weighted by atomic mass is 10.1. The molecule has 0 radical (unpaired) electrons. The Labute approximate surface area is 305 Å². The summed E-state index contributed by atoms with van der Waals surface area (Å²) < 4.78 is 11.1. The third-order valence-corrected chi connectivity index (χ3v) is 8.80. The fourth-order valence-electron chi connectivity index (χ4n) is 5.67. The highest BCUT2D eigenvalue weighted by Gasteiger charge is 2.13. The number of carbonyl (C=O) groups is 1. The number of rotatable bonds is 38. The second-order valence-corrected chi connectivity index (χ2v) is 13.7. The maximum atomic E-state index is 12.2. The average molecular weight is 685 g/mol. The van der Waals surface area contributed by atoms with E-state index in [2.05, 4.69) is 74.6 Å². The number of hydrogen-bond donors (Lipinski definition) is 1. The molecular formula is C45H80O4. The molecule has 0 amide bonds. The number of aliphatic hydroxyl groups excluding tert-OH is 1. The highest BCUT2D eigenvalue weighted by atomic mass is 16.6. The van der Waals surface area contributed by atoms with Gasteiger partial charge in [-0.2, -0.15) is 0 Å². The van der Waals surface area contributed by atoms with Crippen molar-refractivity contribution >= 4 is 5.97 Å². The van der Waals surface area contributed by atoms with Gasteiger partial charge in [-0.05, 0) is 77.0 Å². The molecule has 4 nitrogen and oxygen atoms in total. The van der Waals surface area contributed by atoms with Crippen LogP contribution in [0.2, 0.25) is 0 Å². The Hall–Kier alpha value is -1.91. The molecule has 0 aromatic carbocycles. The molecule has 4 heteroatoms. The first kappa shape index (κ1) is 47.1. The van der Waals surface area contributed by atoms with E-state index in [1.807, 2.05) is 0 Å². The van der Waals surface area contributed by atoms with Crippen LogP contribution in [0, 0.1) is 0 Å². The van der Waals surface area contributed by atoms with Crippen molar-refractivity contribution in [1.29, 1.82) is 0 Å². The van der Waals surface area contributed by atoms with Crippen LogP contribution in [0.15, 0.2) is 60.8 Å². The number of hydrogen-bond acceptors (Lipinski definition) is 4. The molecule has 0 aliphatic carbocycles. The van der Waals surface area contributed by atoms with Gasteiger partial charge in [-0.25, -0.2) is 0 Å². The SMILES string of the molecule is CCC/C=C\C/C=C\CCCCCCCCOCC(CO)OC(=O)CCCCCCCCCC/C=C\C/C=C\C/C=C\CCCCCCC. The summed E-state index contributed by atoms with van der Waals surface area (Å²) in [6.07, 6.45) is 55.6. The molecule has 0 aromatic heterocycles. The van der Waals surface area contributed by atoms with Crippen LogP contribution in [0.3, 0.4) is 0 Å². The summed E-state index contributed by atoms with van der Waals surface area (Å²) in [4.78, 5) is 12.2. The summed E-state index contributed by atoms with van der Waals surface area (Å²) in [7, 11) is 0. The fraction of sp³-hybridized carbons (Fsp3) is 0.756. The molecule has 0 rings (SSSR count). The van der Waals surface area contributed by atoms with Gasteiger partial charge in [0.05, 0.1) is 13.2 Å². The number of aliphatic hydroxyl groups is 1. The topological polar surface area (TPSA) is 55.8 Å². The van der Waals surface area contributed by atoms with Crippen LogP contribution in [-0.4, -0.2) is 37.0 Å². The normalized spacial score (nSPS) is 13.0. The van der Waals surface area contributed by atoms with Gasteiger partial charge in [0.2, 0.25) is 0 Å².